The molecule has 0 aromatic carbocycles. The van der Waals surface area contributed by atoms with Crippen molar-refractivity contribution in [3.8, 4) is 0 Å². The van der Waals surface area contributed by atoms with Crippen molar-refractivity contribution in [3.63, 3.8) is 0 Å². The Balaban J connectivity index is 2.09. The van der Waals surface area contributed by atoms with E-state index in [9.17, 15) is 0 Å². The SMILES string of the molecule is CCC(CC)NC1CC(Cl)C1. The number of halogens is 1. The highest BCUT2D eigenvalue weighted by Crippen LogP contribution is 2.26. The number of hydrogen-bond acceptors (Lipinski definition) is 1. The van der Waals surface area contributed by atoms with Gasteiger partial charge < -0.3 is 5.32 Å². The molecule has 66 valence electrons. The molecule has 1 saturated carbocycles. The van der Waals surface area contributed by atoms with Gasteiger partial charge in [-0.15, -0.1) is 11.6 Å². The van der Waals surface area contributed by atoms with E-state index in [1.165, 1.54) is 12.8 Å². The molecule has 1 rings (SSSR count). The Labute approximate surface area is 74.5 Å². The van der Waals surface area contributed by atoms with Crippen LogP contribution in [0.15, 0.2) is 0 Å². The molecule has 0 unspecified atom stereocenters. The molecule has 0 bridgehead atoms. The van der Waals surface area contributed by atoms with Gasteiger partial charge in [-0.1, -0.05) is 13.8 Å². The van der Waals surface area contributed by atoms with E-state index in [0.29, 0.717) is 17.5 Å². The van der Waals surface area contributed by atoms with Crippen molar-refractivity contribution >= 4 is 11.6 Å². The molecule has 0 saturated heterocycles. The van der Waals surface area contributed by atoms with Crippen molar-refractivity contribution in [1.82, 2.24) is 5.32 Å². The van der Waals surface area contributed by atoms with Crippen molar-refractivity contribution < 1.29 is 0 Å². The largest absolute Gasteiger partial charge is 0.311 e. The molecule has 2 heteroatoms. The highest BCUT2D eigenvalue weighted by atomic mass is 35.5. The minimum atomic E-state index is 0.446. The van der Waals surface area contributed by atoms with E-state index < -0.39 is 0 Å². The zero-order valence-corrected chi connectivity index (χ0v) is 8.19. The van der Waals surface area contributed by atoms with Gasteiger partial charge in [-0.25, -0.2) is 0 Å². The van der Waals surface area contributed by atoms with Gasteiger partial charge in [-0.05, 0) is 25.7 Å². The van der Waals surface area contributed by atoms with Gasteiger partial charge in [0.1, 0.15) is 0 Å². The molecule has 1 aliphatic carbocycles. The first-order chi connectivity index (χ1) is 5.26. The maximum Gasteiger partial charge on any atom is 0.0365 e. The first-order valence-corrected chi connectivity index (χ1v) is 5.10. The Morgan fingerprint density at radius 1 is 1.36 bits per heavy atom. The Hall–Kier alpha value is 0.250. The van der Waals surface area contributed by atoms with E-state index in [0.717, 1.165) is 12.8 Å². The van der Waals surface area contributed by atoms with E-state index in [1.54, 1.807) is 0 Å². The third kappa shape index (κ3) is 2.64. The van der Waals surface area contributed by atoms with Gasteiger partial charge in [0.05, 0.1) is 0 Å². The maximum absolute atomic E-state index is 5.87. The van der Waals surface area contributed by atoms with Gasteiger partial charge in [0.25, 0.3) is 0 Å². The second-order valence-corrected chi connectivity index (χ2v) is 4.06. The fourth-order valence-corrected chi connectivity index (χ4v) is 1.97. The van der Waals surface area contributed by atoms with Crippen LogP contribution in [-0.4, -0.2) is 17.5 Å². The summed E-state index contributed by atoms with van der Waals surface area (Å²) >= 11 is 5.87. The van der Waals surface area contributed by atoms with Crippen LogP contribution >= 0.6 is 11.6 Å². The molecule has 0 aliphatic heterocycles. The molecule has 1 nitrogen and oxygen atoms in total. The molecule has 0 aromatic heterocycles. The number of rotatable bonds is 4. The lowest BCUT2D eigenvalue weighted by molar-refractivity contribution is 0.301. The standard InChI is InChI=1S/C9H18ClN/c1-3-8(4-2)11-9-5-7(10)6-9/h7-9,11H,3-6H2,1-2H3. The second-order valence-electron chi connectivity index (χ2n) is 3.45. The Kier molecular flexibility index (Phi) is 3.67. The van der Waals surface area contributed by atoms with Crippen molar-refractivity contribution in [1.29, 1.82) is 0 Å². The van der Waals surface area contributed by atoms with Gasteiger partial charge >= 0.3 is 0 Å². The molecule has 0 aromatic rings. The summed E-state index contributed by atoms with van der Waals surface area (Å²) in [7, 11) is 0. The summed E-state index contributed by atoms with van der Waals surface area (Å²) in [5, 5.41) is 4.04. The minimum absolute atomic E-state index is 0.446. The second kappa shape index (κ2) is 4.32. The van der Waals surface area contributed by atoms with Gasteiger partial charge in [0.15, 0.2) is 0 Å². The highest BCUT2D eigenvalue weighted by molar-refractivity contribution is 6.21. The molecule has 1 aliphatic rings. The summed E-state index contributed by atoms with van der Waals surface area (Å²) < 4.78 is 0. The van der Waals surface area contributed by atoms with Crippen LogP contribution in [0.1, 0.15) is 39.5 Å². The summed E-state index contributed by atoms with van der Waals surface area (Å²) in [6, 6.07) is 1.42. The third-order valence-electron chi connectivity index (χ3n) is 2.54. The maximum atomic E-state index is 5.87. The van der Waals surface area contributed by atoms with E-state index in [-0.39, 0.29) is 0 Å². The lowest BCUT2D eigenvalue weighted by atomic mass is 9.91. The number of nitrogens with one attached hydrogen (secondary N) is 1. The molecule has 0 atom stereocenters. The van der Waals surface area contributed by atoms with Crippen molar-refractivity contribution in [2.24, 2.45) is 0 Å². The predicted molar refractivity (Wildman–Crippen MR) is 50.2 cm³/mol. The van der Waals surface area contributed by atoms with E-state index >= 15 is 0 Å². The van der Waals surface area contributed by atoms with Crippen molar-refractivity contribution in [2.45, 2.75) is 57.0 Å². The van der Waals surface area contributed by atoms with Crippen molar-refractivity contribution in [2.75, 3.05) is 0 Å². The first kappa shape index (κ1) is 9.34. The van der Waals surface area contributed by atoms with E-state index in [2.05, 4.69) is 19.2 Å². The lowest BCUT2D eigenvalue weighted by Gasteiger charge is -2.34. The smallest absolute Gasteiger partial charge is 0.0365 e. The van der Waals surface area contributed by atoms with Gasteiger partial charge in [0.2, 0.25) is 0 Å². The van der Waals surface area contributed by atoms with Crippen LogP contribution in [0.2, 0.25) is 0 Å². The molecule has 0 heterocycles. The van der Waals surface area contributed by atoms with Crippen LogP contribution in [0.5, 0.6) is 0 Å². The Morgan fingerprint density at radius 2 is 1.91 bits per heavy atom. The molecule has 0 radical (unpaired) electrons. The monoisotopic (exact) mass is 175 g/mol. The molecular weight excluding hydrogens is 158 g/mol. The Morgan fingerprint density at radius 3 is 2.27 bits per heavy atom. The summed E-state index contributed by atoms with van der Waals surface area (Å²) in [6.45, 7) is 4.47. The number of alkyl halides is 1. The van der Waals surface area contributed by atoms with Crippen LogP contribution in [-0.2, 0) is 0 Å². The topological polar surface area (TPSA) is 12.0 Å². The predicted octanol–water partition coefficient (Wildman–Crippen LogP) is 2.53. The quantitative estimate of drug-likeness (QED) is 0.648. The first-order valence-electron chi connectivity index (χ1n) is 4.66. The van der Waals surface area contributed by atoms with Crippen LogP contribution in [0.4, 0.5) is 0 Å². The number of hydrogen-bond donors (Lipinski definition) is 1. The van der Waals surface area contributed by atoms with Crippen LogP contribution in [0, 0.1) is 0 Å². The average Bonchev–Trinajstić information content (AvgIpc) is 1.96. The molecule has 1 N–H and O–H groups in total. The zero-order valence-electron chi connectivity index (χ0n) is 7.44. The van der Waals surface area contributed by atoms with Crippen molar-refractivity contribution in [3.05, 3.63) is 0 Å². The highest BCUT2D eigenvalue weighted by Gasteiger charge is 2.27. The molecule has 0 spiro atoms. The Bertz CT molecular complexity index is 106. The van der Waals surface area contributed by atoms with Crippen LogP contribution in [0.3, 0.4) is 0 Å². The summed E-state index contributed by atoms with van der Waals surface area (Å²) in [5.74, 6) is 0. The minimum Gasteiger partial charge on any atom is -0.311 e. The van der Waals surface area contributed by atoms with E-state index in [1.807, 2.05) is 0 Å². The normalized spacial score (nSPS) is 30.5. The van der Waals surface area contributed by atoms with Gasteiger partial charge in [-0.2, -0.15) is 0 Å². The van der Waals surface area contributed by atoms with E-state index in [4.69, 9.17) is 11.6 Å². The lowest BCUT2D eigenvalue weighted by Crippen LogP contribution is -2.46. The molecule has 0 amide bonds. The van der Waals surface area contributed by atoms with Crippen LogP contribution in [0.25, 0.3) is 0 Å². The molecule has 11 heavy (non-hydrogen) atoms. The summed E-state index contributed by atoms with van der Waals surface area (Å²) in [5.41, 5.74) is 0. The summed E-state index contributed by atoms with van der Waals surface area (Å²) in [4.78, 5) is 0. The average molecular weight is 176 g/mol. The molecule has 1 fully saturated rings. The summed E-state index contributed by atoms with van der Waals surface area (Å²) in [6.07, 6.45) is 4.80. The fourth-order valence-electron chi connectivity index (χ4n) is 1.54. The zero-order chi connectivity index (χ0) is 8.27. The third-order valence-corrected chi connectivity index (χ3v) is 2.89. The fraction of sp³-hybridized carbons (Fsp3) is 1.00. The van der Waals surface area contributed by atoms with Gasteiger partial charge in [0, 0.05) is 17.5 Å². The molecular formula is C9H18ClN. The van der Waals surface area contributed by atoms with Crippen LogP contribution < -0.4 is 5.32 Å². The van der Waals surface area contributed by atoms with Gasteiger partial charge in [-0.3, -0.25) is 0 Å².